The molecule has 1 heterocycles. The SMILES string of the molecule is O=C(c1c[nH]c2cc(C(O)O)ccc12)C1CCC(F)(F)CC1. The van der Waals surface area contributed by atoms with Gasteiger partial charge in [0.2, 0.25) is 5.92 Å². The van der Waals surface area contributed by atoms with Crippen molar-refractivity contribution in [2.45, 2.75) is 37.9 Å². The molecule has 1 aromatic carbocycles. The van der Waals surface area contributed by atoms with Gasteiger partial charge in [0.05, 0.1) is 0 Å². The smallest absolute Gasteiger partial charge is 0.248 e. The molecule has 1 fully saturated rings. The molecule has 1 aliphatic carbocycles. The van der Waals surface area contributed by atoms with Gasteiger partial charge in [0.1, 0.15) is 0 Å². The number of H-pyrrole nitrogens is 1. The lowest BCUT2D eigenvalue weighted by atomic mass is 9.82. The molecule has 3 rings (SSSR count). The molecular weight excluding hydrogens is 292 g/mol. The van der Waals surface area contributed by atoms with Crippen LogP contribution in [0, 0.1) is 5.92 Å². The number of Topliss-reactive ketones (excluding diaryl/α,β-unsaturated/α-hetero) is 1. The van der Waals surface area contributed by atoms with Crippen LogP contribution in [0.4, 0.5) is 8.78 Å². The standard InChI is InChI=1S/C16H17F2NO3/c17-16(18)5-3-9(4-6-16)14(20)12-8-19-13-7-10(15(21)22)1-2-11(12)13/h1-2,7-9,15,19,21-22H,3-6H2. The molecule has 0 unspecified atom stereocenters. The Labute approximate surface area is 125 Å². The Bertz CT molecular complexity index is 698. The summed E-state index contributed by atoms with van der Waals surface area (Å²) >= 11 is 0. The molecule has 1 aliphatic rings. The summed E-state index contributed by atoms with van der Waals surface area (Å²) in [5, 5.41) is 19.0. The summed E-state index contributed by atoms with van der Waals surface area (Å²) in [4.78, 5) is 15.5. The van der Waals surface area contributed by atoms with E-state index in [1.807, 2.05) is 0 Å². The van der Waals surface area contributed by atoms with Gasteiger partial charge in [-0.2, -0.15) is 0 Å². The monoisotopic (exact) mass is 309 g/mol. The van der Waals surface area contributed by atoms with Gasteiger partial charge >= 0.3 is 0 Å². The van der Waals surface area contributed by atoms with Crippen LogP contribution >= 0.6 is 0 Å². The minimum Gasteiger partial charge on any atom is -0.364 e. The summed E-state index contributed by atoms with van der Waals surface area (Å²) in [5.74, 6) is -3.15. The topological polar surface area (TPSA) is 73.3 Å². The van der Waals surface area contributed by atoms with Crippen molar-refractivity contribution < 1.29 is 23.8 Å². The van der Waals surface area contributed by atoms with Gasteiger partial charge < -0.3 is 15.2 Å². The van der Waals surface area contributed by atoms with Crippen molar-refractivity contribution in [3.8, 4) is 0 Å². The van der Waals surface area contributed by atoms with Gasteiger partial charge in [0, 0.05) is 47.0 Å². The zero-order valence-electron chi connectivity index (χ0n) is 11.9. The van der Waals surface area contributed by atoms with Gasteiger partial charge in [-0.15, -0.1) is 0 Å². The van der Waals surface area contributed by atoms with Crippen molar-refractivity contribution in [2.24, 2.45) is 5.92 Å². The van der Waals surface area contributed by atoms with Gasteiger partial charge in [0.15, 0.2) is 12.1 Å². The Morgan fingerprint density at radius 2 is 1.95 bits per heavy atom. The molecule has 0 saturated heterocycles. The van der Waals surface area contributed by atoms with E-state index in [1.54, 1.807) is 18.3 Å². The number of carbonyl (C=O) groups excluding carboxylic acids is 1. The predicted molar refractivity (Wildman–Crippen MR) is 76.7 cm³/mol. The molecule has 0 bridgehead atoms. The van der Waals surface area contributed by atoms with E-state index in [2.05, 4.69) is 4.98 Å². The van der Waals surface area contributed by atoms with E-state index in [4.69, 9.17) is 10.2 Å². The van der Waals surface area contributed by atoms with E-state index in [0.717, 1.165) is 0 Å². The Morgan fingerprint density at radius 3 is 2.59 bits per heavy atom. The van der Waals surface area contributed by atoms with Gasteiger partial charge in [-0.3, -0.25) is 4.79 Å². The van der Waals surface area contributed by atoms with Crippen molar-refractivity contribution in [1.82, 2.24) is 4.98 Å². The maximum Gasteiger partial charge on any atom is 0.248 e. The molecule has 6 heteroatoms. The van der Waals surface area contributed by atoms with Gasteiger partial charge in [-0.1, -0.05) is 12.1 Å². The molecule has 2 aromatic rings. The first-order valence-electron chi connectivity index (χ1n) is 7.26. The first-order valence-corrected chi connectivity index (χ1v) is 7.26. The Balaban J connectivity index is 1.86. The molecule has 3 N–H and O–H groups in total. The van der Waals surface area contributed by atoms with Crippen LogP contribution in [0.3, 0.4) is 0 Å². The fraction of sp³-hybridized carbons (Fsp3) is 0.438. The second kappa shape index (κ2) is 5.44. The molecule has 4 nitrogen and oxygen atoms in total. The number of aliphatic hydroxyl groups excluding tert-OH is 1. The second-order valence-electron chi connectivity index (χ2n) is 5.88. The van der Waals surface area contributed by atoms with E-state index in [0.29, 0.717) is 22.0 Å². The number of nitrogens with one attached hydrogen (secondary N) is 1. The zero-order chi connectivity index (χ0) is 15.9. The summed E-state index contributed by atoms with van der Waals surface area (Å²) in [6.07, 6.45) is -0.0999. The average molecular weight is 309 g/mol. The minimum absolute atomic E-state index is 0.126. The zero-order valence-corrected chi connectivity index (χ0v) is 11.9. The highest BCUT2D eigenvalue weighted by Crippen LogP contribution is 2.38. The summed E-state index contributed by atoms with van der Waals surface area (Å²) in [7, 11) is 0. The third kappa shape index (κ3) is 2.76. The third-order valence-electron chi connectivity index (χ3n) is 4.36. The van der Waals surface area contributed by atoms with E-state index in [1.165, 1.54) is 6.07 Å². The van der Waals surface area contributed by atoms with E-state index in [9.17, 15) is 13.6 Å². The normalized spacial score (nSPS) is 19.0. The molecule has 0 aliphatic heterocycles. The maximum absolute atomic E-state index is 13.2. The van der Waals surface area contributed by atoms with Crippen LogP contribution in [0.1, 0.15) is 47.9 Å². The van der Waals surface area contributed by atoms with Gasteiger partial charge in [-0.25, -0.2) is 8.78 Å². The molecule has 0 atom stereocenters. The number of hydrogen-bond donors (Lipinski definition) is 3. The number of aliphatic hydroxyl groups is 2. The van der Waals surface area contributed by atoms with Crippen molar-refractivity contribution >= 4 is 16.7 Å². The molecule has 0 spiro atoms. The lowest BCUT2D eigenvalue weighted by Gasteiger charge is -2.27. The van der Waals surface area contributed by atoms with E-state index in [-0.39, 0.29) is 37.4 Å². The molecule has 22 heavy (non-hydrogen) atoms. The minimum atomic E-state index is -2.65. The Morgan fingerprint density at radius 1 is 1.27 bits per heavy atom. The van der Waals surface area contributed by atoms with Crippen molar-refractivity contribution in [1.29, 1.82) is 0 Å². The Hall–Kier alpha value is -1.79. The van der Waals surface area contributed by atoms with Gasteiger partial charge in [-0.05, 0) is 18.9 Å². The third-order valence-corrected chi connectivity index (χ3v) is 4.36. The van der Waals surface area contributed by atoms with Crippen LogP contribution in [0.2, 0.25) is 0 Å². The fourth-order valence-electron chi connectivity index (χ4n) is 3.03. The average Bonchev–Trinajstić information content (AvgIpc) is 2.89. The first-order chi connectivity index (χ1) is 10.4. The summed E-state index contributed by atoms with van der Waals surface area (Å²) in [6, 6.07) is 4.74. The molecule has 1 saturated carbocycles. The predicted octanol–water partition coefficient (Wildman–Crippen LogP) is 3.16. The highest BCUT2D eigenvalue weighted by molar-refractivity contribution is 6.09. The molecule has 0 amide bonds. The van der Waals surface area contributed by atoms with Crippen LogP contribution in [0.15, 0.2) is 24.4 Å². The van der Waals surface area contributed by atoms with Gasteiger partial charge in [0.25, 0.3) is 0 Å². The van der Waals surface area contributed by atoms with Crippen molar-refractivity contribution in [3.05, 3.63) is 35.5 Å². The summed E-state index contributed by atoms with van der Waals surface area (Å²) < 4.78 is 26.4. The summed E-state index contributed by atoms with van der Waals surface area (Å²) in [5.41, 5.74) is 1.42. The lowest BCUT2D eigenvalue weighted by Crippen LogP contribution is -2.28. The number of alkyl halides is 2. The second-order valence-corrected chi connectivity index (χ2v) is 5.88. The van der Waals surface area contributed by atoms with Crippen LogP contribution in [0.25, 0.3) is 10.9 Å². The number of ketones is 1. The first kappa shape index (κ1) is 15.1. The number of aromatic amines is 1. The molecule has 118 valence electrons. The number of aromatic nitrogens is 1. The van der Waals surface area contributed by atoms with E-state index < -0.39 is 12.2 Å². The highest BCUT2D eigenvalue weighted by Gasteiger charge is 2.37. The number of carbonyl (C=O) groups is 1. The molecule has 1 aromatic heterocycles. The quantitative estimate of drug-likeness (QED) is 0.602. The van der Waals surface area contributed by atoms with Crippen molar-refractivity contribution in [2.75, 3.05) is 0 Å². The fourth-order valence-corrected chi connectivity index (χ4v) is 3.03. The van der Waals surface area contributed by atoms with Crippen LogP contribution in [-0.2, 0) is 0 Å². The largest absolute Gasteiger partial charge is 0.364 e. The number of benzene rings is 1. The Kier molecular flexibility index (Phi) is 3.74. The number of fused-ring (bicyclic) bond motifs is 1. The maximum atomic E-state index is 13.2. The number of hydrogen-bond acceptors (Lipinski definition) is 3. The van der Waals surface area contributed by atoms with Crippen molar-refractivity contribution in [3.63, 3.8) is 0 Å². The van der Waals surface area contributed by atoms with E-state index >= 15 is 0 Å². The van der Waals surface area contributed by atoms with Crippen LogP contribution in [0.5, 0.6) is 0 Å². The van der Waals surface area contributed by atoms with Crippen LogP contribution < -0.4 is 0 Å². The number of rotatable bonds is 3. The molecular formula is C16H17F2NO3. The number of halogens is 2. The molecule has 0 radical (unpaired) electrons. The lowest BCUT2D eigenvalue weighted by molar-refractivity contribution is -0.0430. The summed E-state index contributed by atoms with van der Waals surface area (Å²) in [6.45, 7) is 0. The van der Waals surface area contributed by atoms with Crippen LogP contribution in [-0.4, -0.2) is 26.9 Å². The highest BCUT2D eigenvalue weighted by atomic mass is 19.3.